The molecule has 0 N–H and O–H groups in total. The molecule has 10 aromatic carbocycles. The normalized spacial score (nSPS) is 11.1. The molecule has 0 saturated heterocycles. The predicted molar refractivity (Wildman–Crippen MR) is 287 cm³/mol. The molecule has 0 aromatic heterocycles. The third-order valence-electron chi connectivity index (χ3n) is 11.8. The molecule has 0 amide bonds. The Balaban J connectivity index is 1.00. The fourth-order valence-corrected chi connectivity index (χ4v) is 9.12. The van der Waals surface area contributed by atoms with E-state index in [4.69, 9.17) is 28.4 Å². The number of halogens is 2. The highest BCUT2D eigenvalue weighted by atomic mass is 79.9. The second-order valence-corrected chi connectivity index (χ2v) is 18.7. The van der Waals surface area contributed by atoms with Crippen molar-refractivity contribution in [2.24, 2.45) is 0 Å². The van der Waals surface area contributed by atoms with Gasteiger partial charge in [-0.1, -0.05) is 177 Å². The van der Waals surface area contributed by atoms with Crippen LogP contribution < -0.4 is 28.4 Å². The minimum atomic E-state index is 0.243. The molecular weight excluding hydrogens is 1000 g/mol. The minimum Gasteiger partial charge on any atom is -0.489 e. The van der Waals surface area contributed by atoms with Crippen molar-refractivity contribution in [2.75, 3.05) is 0 Å². The summed E-state index contributed by atoms with van der Waals surface area (Å²) in [5, 5.41) is 4.13. The molecule has 0 saturated carbocycles. The predicted octanol–water partition coefficient (Wildman–Crippen LogP) is 16.7. The molecule has 70 heavy (non-hydrogen) atoms. The van der Waals surface area contributed by atoms with Crippen LogP contribution in [-0.2, 0) is 39.6 Å². The van der Waals surface area contributed by atoms with E-state index in [-0.39, 0.29) is 13.2 Å². The standard InChI is InChI=1S/C62H48Br2O6/c63-51-23-25-57-49(33-51)21-27-59(69-41-47-29-53(65-37-43-13-5-1-6-14-43)35-54(30-47)66-38-44-15-7-2-8-16-44)61(57)62-58-26-24-52(64)34-50(58)22-28-60(62)70-42-48-31-55(67-39-45-17-9-3-10-18-45)36-56(32-48)68-40-46-19-11-4-12-20-46/h1-36H,37-42H2. The topological polar surface area (TPSA) is 55.4 Å². The van der Waals surface area contributed by atoms with Gasteiger partial charge < -0.3 is 28.4 Å². The van der Waals surface area contributed by atoms with Crippen molar-refractivity contribution in [1.29, 1.82) is 0 Å². The van der Waals surface area contributed by atoms with Crippen molar-refractivity contribution in [3.8, 4) is 45.6 Å². The Hall–Kier alpha value is -7.52. The average Bonchev–Trinajstić information content (AvgIpc) is 3.40. The largest absolute Gasteiger partial charge is 0.489 e. The molecule has 8 heteroatoms. The maximum absolute atomic E-state index is 6.98. The van der Waals surface area contributed by atoms with Crippen molar-refractivity contribution in [3.05, 3.63) is 261 Å². The summed E-state index contributed by atoms with van der Waals surface area (Å²) in [6.07, 6.45) is 0. The van der Waals surface area contributed by atoms with E-state index in [0.717, 1.165) is 75.0 Å². The summed E-state index contributed by atoms with van der Waals surface area (Å²) >= 11 is 7.46. The fourth-order valence-electron chi connectivity index (χ4n) is 8.36. The van der Waals surface area contributed by atoms with Gasteiger partial charge in [0.15, 0.2) is 0 Å². The van der Waals surface area contributed by atoms with Crippen LogP contribution >= 0.6 is 31.9 Å². The van der Waals surface area contributed by atoms with Gasteiger partial charge in [0, 0.05) is 32.2 Å². The summed E-state index contributed by atoms with van der Waals surface area (Å²) in [6, 6.07) is 73.6. The first-order chi connectivity index (χ1) is 34.5. The van der Waals surface area contributed by atoms with Gasteiger partial charge in [0.2, 0.25) is 0 Å². The van der Waals surface area contributed by atoms with Crippen LogP contribution in [0.3, 0.4) is 0 Å². The molecule has 0 fully saturated rings. The average molecular weight is 1050 g/mol. The molecule has 0 aliphatic heterocycles. The van der Waals surface area contributed by atoms with E-state index in [1.54, 1.807) is 0 Å². The Kier molecular flexibility index (Phi) is 14.7. The maximum atomic E-state index is 6.98. The van der Waals surface area contributed by atoms with Gasteiger partial charge in [0.25, 0.3) is 0 Å². The molecule has 0 radical (unpaired) electrons. The SMILES string of the molecule is Brc1ccc2c(-c3c(OCc4cc(OCc5ccccc5)cc(OCc5ccccc5)c4)ccc4cc(Br)ccc34)c(OCc3cc(OCc4ccccc4)cc(OCc4ccccc4)c3)ccc2c1. The second-order valence-electron chi connectivity index (χ2n) is 16.9. The third-order valence-corrected chi connectivity index (χ3v) is 12.8. The molecule has 0 aliphatic rings. The van der Waals surface area contributed by atoms with Crippen LogP contribution in [0.1, 0.15) is 33.4 Å². The molecular formula is C62H48Br2O6. The van der Waals surface area contributed by atoms with Gasteiger partial charge in [0.1, 0.15) is 74.1 Å². The van der Waals surface area contributed by atoms with E-state index in [2.05, 4.69) is 141 Å². The van der Waals surface area contributed by atoms with Gasteiger partial charge in [-0.2, -0.15) is 0 Å². The molecule has 0 heterocycles. The lowest BCUT2D eigenvalue weighted by atomic mass is 9.92. The lowest BCUT2D eigenvalue weighted by molar-refractivity contribution is 0.281. The Morgan fingerprint density at radius 1 is 0.257 bits per heavy atom. The first-order valence-electron chi connectivity index (χ1n) is 23.1. The highest BCUT2D eigenvalue weighted by Gasteiger charge is 2.21. The molecule has 0 aliphatic carbocycles. The van der Waals surface area contributed by atoms with Gasteiger partial charge >= 0.3 is 0 Å². The summed E-state index contributed by atoms with van der Waals surface area (Å²) in [4.78, 5) is 0. The van der Waals surface area contributed by atoms with Gasteiger partial charge in [-0.15, -0.1) is 0 Å². The van der Waals surface area contributed by atoms with E-state index >= 15 is 0 Å². The Bertz CT molecular complexity index is 3000. The zero-order chi connectivity index (χ0) is 47.5. The number of benzene rings is 10. The summed E-state index contributed by atoms with van der Waals surface area (Å²) in [7, 11) is 0. The Morgan fingerprint density at radius 3 is 0.871 bits per heavy atom. The monoisotopic (exact) mass is 1050 g/mol. The van der Waals surface area contributed by atoms with Crippen LogP contribution in [0, 0.1) is 0 Å². The highest BCUT2D eigenvalue weighted by molar-refractivity contribution is 9.10. The van der Waals surface area contributed by atoms with Crippen molar-refractivity contribution in [2.45, 2.75) is 39.6 Å². The Labute approximate surface area is 425 Å². The lowest BCUT2D eigenvalue weighted by Crippen LogP contribution is -2.03. The van der Waals surface area contributed by atoms with Crippen LogP contribution in [0.25, 0.3) is 32.7 Å². The second kappa shape index (κ2) is 22.3. The van der Waals surface area contributed by atoms with E-state index in [1.165, 1.54) is 0 Å². The Morgan fingerprint density at radius 2 is 0.557 bits per heavy atom. The number of hydrogen-bond acceptors (Lipinski definition) is 6. The lowest BCUT2D eigenvalue weighted by Gasteiger charge is -2.21. The quantitative estimate of drug-likeness (QED) is 0.0804. The smallest absolute Gasteiger partial charge is 0.128 e. The molecule has 10 rings (SSSR count). The molecule has 346 valence electrons. The van der Waals surface area contributed by atoms with Crippen molar-refractivity contribution < 1.29 is 28.4 Å². The molecule has 6 nitrogen and oxygen atoms in total. The van der Waals surface area contributed by atoms with Gasteiger partial charge in [0.05, 0.1) is 0 Å². The van der Waals surface area contributed by atoms with Gasteiger partial charge in [-0.05, 0) is 116 Å². The van der Waals surface area contributed by atoms with Crippen LogP contribution in [0.2, 0.25) is 0 Å². The summed E-state index contributed by atoms with van der Waals surface area (Å²) in [6.45, 7) is 2.16. The maximum Gasteiger partial charge on any atom is 0.128 e. The fraction of sp³-hybridized carbons (Fsp3) is 0.0968. The van der Waals surface area contributed by atoms with E-state index in [1.807, 2.05) is 109 Å². The van der Waals surface area contributed by atoms with Crippen molar-refractivity contribution in [1.82, 2.24) is 0 Å². The molecule has 10 aromatic rings. The van der Waals surface area contributed by atoms with Crippen LogP contribution in [0.4, 0.5) is 0 Å². The van der Waals surface area contributed by atoms with Crippen LogP contribution in [0.5, 0.6) is 34.5 Å². The molecule has 0 atom stereocenters. The van der Waals surface area contributed by atoms with E-state index < -0.39 is 0 Å². The number of rotatable bonds is 19. The van der Waals surface area contributed by atoms with Crippen LogP contribution in [0.15, 0.2) is 227 Å². The number of ether oxygens (including phenoxy) is 6. The summed E-state index contributed by atoms with van der Waals surface area (Å²) in [5.41, 5.74) is 7.91. The van der Waals surface area contributed by atoms with E-state index in [0.29, 0.717) is 60.9 Å². The van der Waals surface area contributed by atoms with Gasteiger partial charge in [-0.3, -0.25) is 0 Å². The minimum absolute atomic E-state index is 0.243. The summed E-state index contributed by atoms with van der Waals surface area (Å²) < 4.78 is 41.4. The molecule has 0 unspecified atom stereocenters. The molecule has 0 spiro atoms. The zero-order valence-corrected chi connectivity index (χ0v) is 41.4. The van der Waals surface area contributed by atoms with Crippen molar-refractivity contribution in [3.63, 3.8) is 0 Å². The first-order valence-corrected chi connectivity index (χ1v) is 24.7. The van der Waals surface area contributed by atoms with Crippen molar-refractivity contribution >= 4 is 53.4 Å². The first kappa shape index (κ1) is 46.2. The van der Waals surface area contributed by atoms with Crippen LogP contribution in [-0.4, -0.2) is 0 Å². The molecule has 0 bridgehead atoms. The zero-order valence-electron chi connectivity index (χ0n) is 38.2. The summed E-state index contributed by atoms with van der Waals surface area (Å²) in [5.74, 6) is 4.16. The number of hydrogen-bond donors (Lipinski definition) is 0. The van der Waals surface area contributed by atoms with Gasteiger partial charge in [-0.25, -0.2) is 0 Å². The van der Waals surface area contributed by atoms with E-state index in [9.17, 15) is 0 Å². The number of fused-ring (bicyclic) bond motifs is 2. The third kappa shape index (κ3) is 11.8. The highest BCUT2D eigenvalue weighted by Crippen LogP contribution is 2.47.